The van der Waals surface area contributed by atoms with Crippen LogP contribution in [-0.4, -0.2) is 0 Å². The summed E-state index contributed by atoms with van der Waals surface area (Å²) in [4.78, 5) is 0. The highest BCUT2D eigenvalue weighted by Gasteiger charge is 2.03. The molecule has 0 fully saturated rings. The number of aryl methyl sites for hydroxylation is 1. The third kappa shape index (κ3) is 2.38. The Morgan fingerprint density at radius 2 is 1.63 bits per heavy atom. The molecule has 0 aliphatic carbocycles. The van der Waals surface area contributed by atoms with Crippen LogP contribution in [0.3, 0.4) is 0 Å². The van der Waals surface area contributed by atoms with Crippen LogP contribution in [-0.2, 0) is 0 Å². The molecule has 0 bridgehead atoms. The number of benzene rings is 3. The molecular formula is C17H15NO. The summed E-state index contributed by atoms with van der Waals surface area (Å²) in [6.45, 7) is 2.01. The van der Waals surface area contributed by atoms with Gasteiger partial charge >= 0.3 is 0 Å². The lowest BCUT2D eigenvalue weighted by Gasteiger charge is -2.09. The number of hydrogen-bond acceptors (Lipinski definition) is 2. The van der Waals surface area contributed by atoms with Gasteiger partial charge in [0.15, 0.2) is 0 Å². The van der Waals surface area contributed by atoms with E-state index in [0.29, 0.717) is 11.4 Å². The monoisotopic (exact) mass is 249 g/mol. The largest absolute Gasteiger partial charge is 0.455 e. The number of fused-ring (bicyclic) bond motifs is 1. The fraction of sp³-hybridized carbons (Fsp3) is 0.0588. The standard InChI is InChI=1S/C17H15NO/c1-12-6-9-17(16(18)10-12)19-15-8-7-13-4-2-3-5-14(13)11-15/h2-11H,18H2,1H3. The average molecular weight is 249 g/mol. The quantitative estimate of drug-likeness (QED) is 0.677. The molecule has 0 spiro atoms. The summed E-state index contributed by atoms with van der Waals surface area (Å²) in [6.07, 6.45) is 0. The van der Waals surface area contributed by atoms with Gasteiger partial charge in [-0.3, -0.25) is 0 Å². The molecule has 2 N–H and O–H groups in total. The normalized spacial score (nSPS) is 10.6. The summed E-state index contributed by atoms with van der Waals surface area (Å²) in [5.74, 6) is 1.50. The summed E-state index contributed by atoms with van der Waals surface area (Å²) in [5.41, 5.74) is 7.75. The Hall–Kier alpha value is -2.48. The van der Waals surface area contributed by atoms with Crippen molar-refractivity contribution in [3.8, 4) is 11.5 Å². The predicted octanol–water partition coefficient (Wildman–Crippen LogP) is 4.52. The van der Waals surface area contributed by atoms with Gasteiger partial charge in [0, 0.05) is 0 Å². The molecule has 94 valence electrons. The van der Waals surface area contributed by atoms with Crippen molar-refractivity contribution in [2.75, 3.05) is 5.73 Å². The molecule has 0 unspecified atom stereocenters. The van der Waals surface area contributed by atoms with Gasteiger partial charge in [0.2, 0.25) is 0 Å². The van der Waals surface area contributed by atoms with Crippen molar-refractivity contribution in [1.29, 1.82) is 0 Å². The van der Waals surface area contributed by atoms with Crippen LogP contribution in [0.1, 0.15) is 5.56 Å². The molecule has 3 aromatic rings. The highest BCUT2D eigenvalue weighted by Crippen LogP contribution is 2.29. The molecule has 0 radical (unpaired) electrons. The number of ether oxygens (including phenoxy) is 1. The minimum Gasteiger partial charge on any atom is -0.455 e. The Morgan fingerprint density at radius 1 is 0.842 bits per heavy atom. The zero-order valence-electron chi connectivity index (χ0n) is 10.8. The molecule has 0 saturated carbocycles. The van der Waals surface area contributed by atoms with Gasteiger partial charge in [0.1, 0.15) is 11.5 Å². The topological polar surface area (TPSA) is 35.2 Å². The van der Waals surface area contributed by atoms with Crippen LogP contribution in [0.25, 0.3) is 10.8 Å². The third-order valence-electron chi connectivity index (χ3n) is 3.11. The van der Waals surface area contributed by atoms with E-state index in [4.69, 9.17) is 10.5 Å². The van der Waals surface area contributed by atoms with Crippen molar-refractivity contribution in [2.45, 2.75) is 6.92 Å². The second-order valence-corrected chi connectivity index (χ2v) is 4.65. The average Bonchev–Trinajstić information content (AvgIpc) is 2.42. The number of rotatable bonds is 2. The number of hydrogen-bond donors (Lipinski definition) is 1. The van der Waals surface area contributed by atoms with E-state index in [9.17, 15) is 0 Å². The fourth-order valence-corrected chi connectivity index (χ4v) is 2.12. The summed E-state index contributed by atoms with van der Waals surface area (Å²) in [7, 11) is 0. The molecule has 0 aliphatic rings. The van der Waals surface area contributed by atoms with E-state index in [1.807, 2.05) is 49.4 Å². The molecule has 3 rings (SSSR count). The van der Waals surface area contributed by atoms with Crippen LogP contribution in [0, 0.1) is 6.92 Å². The first-order chi connectivity index (χ1) is 9.22. The molecule has 2 heteroatoms. The van der Waals surface area contributed by atoms with E-state index in [1.54, 1.807) is 0 Å². The number of nitrogens with two attached hydrogens (primary N) is 1. The van der Waals surface area contributed by atoms with Crippen molar-refractivity contribution >= 4 is 16.5 Å². The van der Waals surface area contributed by atoms with E-state index < -0.39 is 0 Å². The van der Waals surface area contributed by atoms with Gasteiger partial charge in [-0.05, 0) is 47.5 Å². The van der Waals surface area contributed by atoms with E-state index in [0.717, 1.165) is 16.7 Å². The van der Waals surface area contributed by atoms with Crippen molar-refractivity contribution in [3.05, 3.63) is 66.2 Å². The SMILES string of the molecule is Cc1ccc(Oc2ccc3ccccc3c2)c(N)c1. The Morgan fingerprint density at radius 3 is 2.42 bits per heavy atom. The van der Waals surface area contributed by atoms with Crippen LogP contribution >= 0.6 is 0 Å². The Kier molecular flexibility index (Phi) is 2.84. The summed E-state index contributed by atoms with van der Waals surface area (Å²) in [5, 5.41) is 2.36. The van der Waals surface area contributed by atoms with Gasteiger partial charge in [0.05, 0.1) is 5.69 Å². The van der Waals surface area contributed by atoms with Crippen molar-refractivity contribution < 1.29 is 4.74 Å². The smallest absolute Gasteiger partial charge is 0.150 e. The van der Waals surface area contributed by atoms with E-state index >= 15 is 0 Å². The van der Waals surface area contributed by atoms with Crippen LogP contribution < -0.4 is 10.5 Å². The minimum absolute atomic E-state index is 0.660. The van der Waals surface area contributed by atoms with Gasteiger partial charge in [-0.2, -0.15) is 0 Å². The lowest BCUT2D eigenvalue weighted by molar-refractivity contribution is 0.486. The maximum Gasteiger partial charge on any atom is 0.150 e. The molecule has 0 heterocycles. The van der Waals surface area contributed by atoms with Gasteiger partial charge in [0.25, 0.3) is 0 Å². The first-order valence-electron chi connectivity index (χ1n) is 6.25. The Balaban J connectivity index is 1.96. The van der Waals surface area contributed by atoms with Crippen molar-refractivity contribution in [2.24, 2.45) is 0 Å². The van der Waals surface area contributed by atoms with Gasteiger partial charge in [-0.1, -0.05) is 36.4 Å². The van der Waals surface area contributed by atoms with E-state index in [2.05, 4.69) is 18.2 Å². The van der Waals surface area contributed by atoms with Crippen molar-refractivity contribution in [1.82, 2.24) is 0 Å². The number of nitrogen functional groups attached to an aromatic ring is 1. The lowest BCUT2D eigenvalue weighted by Crippen LogP contribution is -1.92. The molecule has 19 heavy (non-hydrogen) atoms. The van der Waals surface area contributed by atoms with Crippen molar-refractivity contribution in [3.63, 3.8) is 0 Å². The predicted molar refractivity (Wildman–Crippen MR) is 79.6 cm³/mol. The van der Waals surface area contributed by atoms with Gasteiger partial charge in [-0.15, -0.1) is 0 Å². The lowest BCUT2D eigenvalue weighted by atomic mass is 10.1. The molecule has 0 aliphatic heterocycles. The Labute approximate surface area is 112 Å². The highest BCUT2D eigenvalue weighted by atomic mass is 16.5. The molecule has 3 aromatic carbocycles. The number of anilines is 1. The molecule has 0 amide bonds. The first kappa shape index (κ1) is 11.6. The Bertz CT molecular complexity index is 734. The highest BCUT2D eigenvalue weighted by molar-refractivity contribution is 5.83. The van der Waals surface area contributed by atoms with Gasteiger partial charge in [-0.25, -0.2) is 0 Å². The second kappa shape index (κ2) is 4.65. The molecule has 0 atom stereocenters. The van der Waals surface area contributed by atoms with E-state index in [-0.39, 0.29) is 0 Å². The molecule has 0 saturated heterocycles. The maximum absolute atomic E-state index is 5.96. The minimum atomic E-state index is 0.660. The molecular weight excluding hydrogens is 234 g/mol. The van der Waals surface area contributed by atoms with Crippen LogP contribution in [0.4, 0.5) is 5.69 Å². The van der Waals surface area contributed by atoms with E-state index in [1.165, 1.54) is 5.39 Å². The molecule has 2 nitrogen and oxygen atoms in total. The van der Waals surface area contributed by atoms with Crippen LogP contribution in [0.2, 0.25) is 0 Å². The van der Waals surface area contributed by atoms with Gasteiger partial charge < -0.3 is 10.5 Å². The molecule has 0 aromatic heterocycles. The first-order valence-corrected chi connectivity index (χ1v) is 6.25. The zero-order chi connectivity index (χ0) is 13.2. The zero-order valence-corrected chi connectivity index (χ0v) is 10.8. The van der Waals surface area contributed by atoms with Crippen LogP contribution in [0.15, 0.2) is 60.7 Å². The second-order valence-electron chi connectivity index (χ2n) is 4.65. The third-order valence-corrected chi connectivity index (χ3v) is 3.11. The summed E-state index contributed by atoms with van der Waals surface area (Å²) in [6, 6.07) is 20.0. The summed E-state index contributed by atoms with van der Waals surface area (Å²) >= 11 is 0. The fourth-order valence-electron chi connectivity index (χ4n) is 2.12. The summed E-state index contributed by atoms with van der Waals surface area (Å²) < 4.78 is 5.85. The van der Waals surface area contributed by atoms with Crippen LogP contribution in [0.5, 0.6) is 11.5 Å². The maximum atomic E-state index is 5.96.